The fraction of sp³-hybridized carbons (Fsp3) is 0.250. The highest BCUT2D eigenvalue weighted by atomic mass is 32.2. The summed E-state index contributed by atoms with van der Waals surface area (Å²) in [6.45, 7) is 7.62. The van der Waals surface area contributed by atoms with Gasteiger partial charge in [0, 0.05) is 17.8 Å². The van der Waals surface area contributed by atoms with Crippen LogP contribution in [0.25, 0.3) is 5.69 Å². The number of aryl methyl sites for hydroxylation is 3. The van der Waals surface area contributed by atoms with Crippen LogP contribution >= 0.6 is 11.8 Å². The van der Waals surface area contributed by atoms with Gasteiger partial charge in [-0.2, -0.15) is 0 Å². The number of aromatic nitrogens is 2. The standard InChI is InChI=1S/C20H21N3O3S/c1-12-8-10-16(11-9-12)23-19(20(25)26-22-23)27-15(4)18(24)21-17-13(2)6-5-7-14(17)3/h5-11,15H,1-4H3,(H-,21,22,24,25). The molecule has 1 N–H and O–H groups in total. The number of carbonyl (C=O) groups is 1. The number of carbonyl (C=O) groups excluding carboxylic acids is 1. The van der Waals surface area contributed by atoms with E-state index >= 15 is 0 Å². The summed E-state index contributed by atoms with van der Waals surface area (Å²) >= 11 is 1.12. The fourth-order valence-electron chi connectivity index (χ4n) is 2.65. The molecule has 1 unspecified atom stereocenters. The number of hydrogen-bond acceptors (Lipinski definition) is 5. The lowest BCUT2D eigenvalue weighted by Crippen LogP contribution is -2.36. The van der Waals surface area contributed by atoms with Gasteiger partial charge in [-0.15, -0.1) is 0 Å². The maximum Gasteiger partial charge on any atom is 0.298 e. The second-order valence-electron chi connectivity index (χ2n) is 6.43. The summed E-state index contributed by atoms with van der Waals surface area (Å²) in [7, 11) is 0. The average Bonchev–Trinajstić information content (AvgIpc) is 2.99. The molecule has 3 rings (SSSR count). The summed E-state index contributed by atoms with van der Waals surface area (Å²) in [5, 5.41) is 18.6. The van der Waals surface area contributed by atoms with Crippen molar-refractivity contribution in [2.45, 2.75) is 38.0 Å². The van der Waals surface area contributed by atoms with E-state index in [1.54, 1.807) is 6.92 Å². The van der Waals surface area contributed by atoms with Crippen molar-refractivity contribution in [3.8, 4) is 11.6 Å². The Labute approximate surface area is 162 Å². The van der Waals surface area contributed by atoms with Crippen LogP contribution in [-0.2, 0) is 4.79 Å². The van der Waals surface area contributed by atoms with Crippen molar-refractivity contribution in [3.05, 3.63) is 59.2 Å². The Morgan fingerprint density at radius 3 is 2.41 bits per heavy atom. The van der Waals surface area contributed by atoms with Gasteiger partial charge in [-0.3, -0.25) is 4.79 Å². The summed E-state index contributed by atoms with van der Waals surface area (Å²) in [5.41, 5.74) is 4.58. The Morgan fingerprint density at radius 2 is 1.78 bits per heavy atom. The third-order valence-electron chi connectivity index (χ3n) is 4.24. The molecule has 0 aliphatic carbocycles. The smallest absolute Gasteiger partial charge is 0.298 e. The van der Waals surface area contributed by atoms with Gasteiger partial charge < -0.3 is 14.9 Å². The van der Waals surface area contributed by atoms with Crippen LogP contribution in [0.4, 0.5) is 5.69 Å². The largest absolute Gasteiger partial charge is 0.538 e. The van der Waals surface area contributed by atoms with Crippen LogP contribution in [0.1, 0.15) is 23.6 Å². The van der Waals surface area contributed by atoms with Gasteiger partial charge in [0.15, 0.2) is 5.95 Å². The van der Waals surface area contributed by atoms with Gasteiger partial charge in [0.05, 0.1) is 10.5 Å². The van der Waals surface area contributed by atoms with Crippen molar-refractivity contribution in [1.82, 2.24) is 5.27 Å². The Balaban J connectivity index is 1.80. The summed E-state index contributed by atoms with van der Waals surface area (Å²) in [4.78, 5) is 12.7. The van der Waals surface area contributed by atoms with Gasteiger partial charge in [-0.1, -0.05) is 35.9 Å². The zero-order valence-corrected chi connectivity index (χ0v) is 16.5. The van der Waals surface area contributed by atoms with Crippen molar-refractivity contribution in [2.75, 3.05) is 5.32 Å². The zero-order chi connectivity index (χ0) is 19.6. The molecule has 7 heteroatoms. The minimum Gasteiger partial charge on any atom is -0.538 e. The lowest BCUT2D eigenvalue weighted by molar-refractivity contribution is -0.705. The van der Waals surface area contributed by atoms with Gasteiger partial charge in [-0.05, 0) is 55.3 Å². The van der Waals surface area contributed by atoms with Crippen molar-refractivity contribution < 1.29 is 19.1 Å². The maximum absolute atomic E-state index is 12.7. The van der Waals surface area contributed by atoms with Gasteiger partial charge in [0.25, 0.3) is 5.03 Å². The first-order valence-corrected chi connectivity index (χ1v) is 9.44. The molecule has 0 saturated carbocycles. The average molecular weight is 383 g/mol. The topological polar surface area (TPSA) is 82.1 Å². The quantitative estimate of drug-likeness (QED) is 0.541. The second-order valence-corrected chi connectivity index (χ2v) is 7.76. The molecule has 1 heterocycles. The molecule has 2 aromatic carbocycles. The monoisotopic (exact) mass is 383 g/mol. The van der Waals surface area contributed by atoms with Crippen molar-refractivity contribution >= 4 is 23.4 Å². The Hall–Kier alpha value is -2.80. The van der Waals surface area contributed by atoms with Gasteiger partial charge in [0.2, 0.25) is 11.6 Å². The SMILES string of the molecule is Cc1ccc(-[n+]2noc([O-])c2SC(C)C(=O)Nc2c(C)cccc2C)cc1. The number of amides is 1. The number of anilines is 1. The molecule has 0 saturated heterocycles. The summed E-state index contributed by atoms with van der Waals surface area (Å²) in [6, 6.07) is 13.4. The molecule has 0 bridgehead atoms. The van der Waals surface area contributed by atoms with Crippen LogP contribution in [0.2, 0.25) is 0 Å². The number of thioether (sulfide) groups is 1. The highest BCUT2D eigenvalue weighted by Crippen LogP contribution is 2.29. The third-order valence-corrected chi connectivity index (χ3v) is 5.37. The van der Waals surface area contributed by atoms with E-state index in [0.29, 0.717) is 5.69 Å². The number of hydrogen-bond donors (Lipinski definition) is 1. The van der Waals surface area contributed by atoms with E-state index in [4.69, 9.17) is 4.52 Å². The van der Waals surface area contributed by atoms with E-state index < -0.39 is 11.2 Å². The van der Waals surface area contributed by atoms with E-state index in [1.165, 1.54) is 4.68 Å². The molecule has 1 amide bonds. The Bertz CT molecular complexity index is 947. The molecule has 0 spiro atoms. The fourth-order valence-corrected chi connectivity index (χ4v) is 3.52. The Morgan fingerprint density at radius 1 is 1.15 bits per heavy atom. The first-order valence-electron chi connectivity index (χ1n) is 8.56. The molecule has 6 nitrogen and oxygen atoms in total. The minimum absolute atomic E-state index is 0.187. The van der Waals surface area contributed by atoms with Crippen LogP contribution in [0, 0.1) is 20.8 Å². The van der Waals surface area contributed by atoms with Crippen molar-refractivity contribution in [3.63, 3.8) is 0 Å². The first-order chi connectivity index (χ1) is 12.9. The normalized spacial score (nSPS) is 12.0. The Kier molecular flexibility index (Phi) is 5.51. The predicted octanol–water partition coefficient (Wildman–Crippen LogP) is 3.07. The lowest BCUT2D eigenvalue weighted by Gasteiger charge is -2.14. The molecule has 0 aliphatic rings. The zero-order valence-electron chi connectivity index (χ0n) is 15.6. The minimum atomic E-state index is -0.563. The van der Waals surface area contributed by atoms with E-state index in [2.05, 4.69) is 10.6 Å². The van der Waals surface area contributed by atoms with E-state index in [-0.39, 0.29) is 10.9 Å². The van der Waals surface area contributed by atoms with Gasteiger partial charge in [0.1, 0.15) is 0 Å². The summed E-state index contributed by atoms with van der Waals surface area (Å²) in [6.07, 6.45) is 0. The van der Waals surface area contributed by atoms with Crippen LogP contribution in [-0.4, -0.2) is 16.4 Å². The summed E-state index contributed by atoms with van der Waals surface area (Å²) in [5.74, 6) is -0.749. The van der Waals surface area contributed by atoms with E-state index in [9.17, 15) is 9.90 Å². The van der Waals surface area contributed by atoms with Crippen LogP contribution in [0.15, 0.2) is 52.0 Å². The maximum atomic E-state index is 12.7. The molecule has 3 aromatic rings. The molecule has 1 aromatic heterocycles. The van der Waals surface area contributed by atoms with E-state index in [1.807, 2.05) is 63.2 Å². The number of benzene rings is 2. The molecule has 1 atom stereocenters. The highest BCUT2D eigenvalue weighted by molar-refractivity contribution is 8.00. The summed E-state index contributed by atoms with van der Waals surface area (Å²) < 4.78 is 6.25. The molecular weight excluding hydrogens is 362 g/mol. The first kappa shape index (κ1) is 19.0. The molecule has 0 radical (unpaired) electrons. The number of nitrogens with one attached hydrogen (secondary N) is 1. The highest BCUT2D eigenvalue weighted by Gasteiger charge is 2.27. The lowest BCUT2D eigenvalue weighted by atomic mass is 10.1. The number of rotatable bonds is 5. The van der Waals surface area contributed by atoms with Crippen LogP contribution in [0.5, 0.6) is 5.95 Å². The van der Waals surface area contributed by atoms with Gasteiger partial charge in [-0.25, -0.2) is 0 Å². The number of nitrogens with zero attached hydrogens (tertiary/aromatic N) is 2. The van der Waals surface area contributed by atoms with Crippen LogP contribution in [0.3, 0.4) is 0 Å². The number of para-hydroxylation sites is 1. The van der Waals surface area contributed by atoms with Crippen molar-refractivity contribution in [2.24, 2.45) is 0 Å². The third kappa shape index (κ3) is 4.14. The molecule has 0 fully saturated rings. The second kappa shape index (κ2) is 7.84. The van der Waals surface area contributed by atoms with E-state index in [0.717, 1.165) is 34.1 Å². The van der Waals surface area contributed by atoms with Gasteiger partial charge >= 0.3 is 0 Å². The molecule has 0 aliphatic heterocycles. The van der Waals surface area contributed by atoms with Crippen molar-refractivity contribution in [1.29, 1.82) is 0 Å². The van der Waals surface area contributed by atoms with Crippen LogP contribution < -0.4 is 15.1 Å². The molecular formula is C20H21N3O3S. The molecule has 27 heavy (non-hydrogen) atoms. The molecule has 140 valence electrons. The predicted molar refractivity (Wildman–Crippen MR) is 102 cm³/mol.